The Hall–Kier alpha value is -1.03. The molecule has 1 aromatic heterocycles. The van der Waals surface area contributed by atoms with Crippen molar-refractivity contribution >= 4 is 11.6 Å². The molecule has 0 saturated heterocycles. The summed E-state index contributed by atoms with van der Waals surface area (Å²) in [7, 11) is 0. The summed E-state index contributed by atoms with van der Waals surface area (Å²) < 4.78 is 1.37. The van der Waals surface area contributed by atoms with Gasteiger partial charge in [0.15, 0.2) is 0 Å². The van der Waals surface area contributed by atoms with Gasteiger partial charge in [0.2, 0.25) is 0 Å². The minimum atomic E-state index is -0.380. The summed E-state index contributed by atoms with van der Waals surface area (Å²) >= 11 is 5.98. The van der Waals surface area contributed by atoms with Crippen LogP contribution < -0.4 is 11.2 Å². The van der Waals surface area contributed by atoms with Crippen molar-refractivity contribution in [2.75, 3.05) is 0 Å². The molecule has 5 heteroatoms. The quantitative estimate of drug-likeness (QED) is 0.865. The minimum absolute atomic E-state index is 0.0494. The van der Waals surface area contributed by atoms with E-state index in [0.717, 1.165) is 19.3 Å². The van der Waals surface area contributed by atoms with Gasteiger partial charge < -0.3 is 0 Å². The maximum absolute atomic E-state index is 12.5. The van der Waals surface area contributed by atoms with Crippen molar-refractivity contribution < 1.29 is 0 Å². The number of rotatable bonds is 4. The molecule has 1 atom stereocenters. The first kappa shape index (κ1) is 14.4. The topological polar surface area (TPSA) is 54.9 Å². The molecule has 4 nitrogen and oxygen atoms in total. The molecule has 0 amide bonds. The van der Waals surface area contributed by atoms with E-state index in [2.05, 4.69) is 4.98 Å². The second-order valence-corrected chi connectivity index (χ2v) is 5.81. The molecule has 0 radical (unpaired) electrons. The maximum atomic E-state index is 12.5. The lowest BCUT2D eigenvalue weighted by atomic mass is 9.99. The van der Waals surface area contributed by atoms with Gasteiger partial charge in [-0.1, -0.05) is 37.8 Å². The highest BCUT2D eigenvalue weighted by Gasteiger charge is 2.26. The van der Waals surface area contributed by atoms with E-state index < -0.39 is 0 Å². The molecule has 0 aliphatic heterocycles. The van der Waals surface area contributed by atoms with Crippen LogP contribution in [-0.2, 0) is 6.42 Å². The smallest absolute Gasteiger partial charge is 0.297 e. The van der Waals surface area contributed by atoms with Crippen LogP contribution in [-0.4, -0.2) is 9.55 Å². The largest absolute Gasteiger partial charge is 0.329 e. The Morgan fingerprint density at radius 1 is 1.37 bits per heavy atom. The van der Waals surface area contributed by atoms with Gasteiger partial charge in [-0.25, -0.2) is 4.79 Å². The lowest BCUT2D eigenvalue weighted by molar-refractivity contribution is 0.341. The van der Waals surface area contributed by atoms with Crippen LogP contribution in [0.2, 0.25) is 5.15 Å². The molecule has 1 fully saturated rings. The molecule has 0 bridgehead atoms. The number of aromatic amines is 1. The third kappa shape index (κ3) is 2.78. The number of nitrogens with zero attached hydrogens (tertiary/aromatic N) is 1. The normalized spacial score (nSPS) is 17.8. The molecule has 19 heavy (non-hydrogen) atoms. The molecule has 106 valence electrons. The zero-order valence-electron chi connectivity index (χ0n) is 11.5. The van der Waals surface area contributed by atoms with Crippen LogP contribution in [0.15, 0.2) is 9.59 Å². The van der Waals surface area contributed by atoms with Crippen molar-refractivity contribution in [3.05, 3.63) is 31.6 Å². The predicted octanol–water partition coefficient (Wildman–Crippen LogP) is 2.89. The molecule has 1 aliphatic rings. The summed E-state index contributed by atoms with van der Waals surface area (Å²) in [4.78, 5) is 27.1. The van der Waals surface area contributed by atoms with E-state index in [1.807, 2.05) is 13.8 Å². The van der Waals surface area contributed by atoms with Crippen LogP contribution in [0.1, 0.15) is 57.6 Å². The predicted molar refractivity (Wildman–Crippen MR) is 77.0 cm³/mol. The lowest BCUT2D eigenvalue weighted by Gasteiger charge is -2.21. The molecule has 0 aromatic carbocycles. The van der Waals surface area contributed by atoms with E-state index in [-0.39, 0.29) is 22.4 Å². The highest BCUT2D eigenvalue weighted by Crippen LogP contribution is 2.32. The van der Waals surface area contributed by atoms with Gasteiger partial charge in [-0.2, -0.15) is 0 Å². The van der Waals surface area contributed by atoms with Gasteiger partial charge in [0.05, 0.1) is 5.56 Å². The van der Waals surface area contributed by atoms with E-state index in [4.69, 9.17) is 11.6 Å². The van der Waals surface area contributed by atoms with Crippen LogP contribution in [0.25, 0.3) is 0 Å². The van der Waals surface area contributed by atoms with Crippen molar-refractivity contribution in [3.8, 4) is 0 Å². The number of hydrogen-bond acceptors (Lipinski definition) is 2. The van der Waals surface area contributed by atoms with Crippen LogP contribution in [0.5, 0.6) is 0 Å². The molecule has 2 rings (SSSR count). The van der Waals surface area contributed by atoms with E-state index in [9.17, 15) is 9.59 Å². The molecular weight excluding hydrogens is 264 g/mol. The number of halogens is 1. The Morgan fingerprint density at radius 3 is 2.58 bits per heavy atom. The van der Waals surface area contributed by atoms with Crippen LogP contribution in [0.4, 0.5) is 0 Å². The van der Waals surface area contributed by atoms with Gasteiger partial charge in [0.25, 0.3) is 5.56 Å². The fourth-order valence-electron chi connectivity index (χ4n) is 3.05. The summed E-state index contributed by atoms with van der Waals surface area (Å²) in [5, 5.41) is 0.201. The average Bonchev–Trinajstić information content (AvgIpc) is 2.87. The van der Waals surface area contributed by atoms with Crippen LogP contribution >= 0.6 is 11.6 Å². The van der Waals surface area contributed by atoms with Gasteiger partial charge in [0.1, 0.15) is 5.15 Å². The first-order valence-corrected chi connectivity index (χ1v) is 7.47. The highest BCUT2D eigenvalue weighted by molar-refractivity contribution is 6.30. The maximum Gasteiger partial charge on any atom is 0.329 e. The fourth-order valence-corrected chi connectivity index (χ4v) is 3.30. The monoisotopic (exact) mass is 284 g/mol. The second-order valence-electron chi connectivity index (χ2n) is 5.43. The van der Waals surface area contributed by atoms with E-state index in [0.29, 0.717) is 17.9 Å². The zero-order chi connectivity index (χ0) is 14.0. The van der Waals surface area contributed by atoms with Crippen LogP contribution in [0, 0.1) is 5.92 Å². The van der Waals surface area contributed by atoms with Crippen LogP contribution in [0.3, 0.4) is 0 Å². The number of H-pyrrole nitrogens is 1. The standard InChI is InChI=1S/C14H21ClN2O2/c1-3-6-11-12(15)16-14(19)17(13(11)18)9(2)10-7-4-5-8-10/h9-10H,3-8H2,1-2H3,(H,16,19). The van der Waals surface area contributed by atoms with Crippen molar-refractivity contribution in [2.45, 2.75) is 58.4 Å². The van der Waals surface area contributed by atoms with Gasteiger partial charge >= 0.3 is 5.69 Å². The average molecular weight is 285 g/mol. The number of aromatic nitrogens is 2. The highest BCUT2D eigenvalue weighted by atomic mass is 35.5. The van der Waals surface area contributed by atoms with E-state index in [1.165, 1.54) is 17.4 Å². The third-order valence-corrected chi connectivity index (χ3v) is 4.49. The molecular formula is C14H21ClN2O2. The van der Waals surface area contributed by atoms with Gasteiger partial charge in [-0.15, -0.1) is 0 Å². The summed E-state index contributed by atoms with van der Waals surface area (Å²) in [5.41, 5.74) is -0.0575. The molecule has 1 unspecified atom stereocenters. The molecule has 1 heterocycles. The Balaban J connectivity index is 2.47. The molecule has 1 N–H and O–H groups in total. The zero-order valence-corrected chi connectivity index (χ0v) is 12.3. The summed E-state index contributed by atoms with van der Waals surface area (Å²) in [6.45, 7) is 3.96. The van der Waals surface area contributed by atoms with Gasteiger partial charge in [-0.05, 0) is 32.1 Å². The molecule has 1 saturated carbocycles. The number of hydrogen-bond donors (Lipinski definition) is 1. The summed E-state index contributed by atoms with van der Waals surface area (Å²) in [6.07, 6.45) is 6.01. The lowest BCUT2D eigenvalue weighted by Crippen LogP contribution is -2.41. The Bertz CT molecular complexity index is 556. The number of nitrogens with one attached hydrogen (secondary N) is 1. The second kappa shape index (κ2) is 5.95. The van der Waals surface area contributed by atoms with E-state index in [1.54, 1.807) is 0 Å². The van der Waals surface area contributed by atoms with Gasteiger partial charge in [0, 0.05) is 6.04 Å². The van der Waals surface area contributed by atoms with E-state index >= 15 is 0 Å². The van der Waals surface area contributed by atoms with Crippen molar-refractivity contribution in [1.29, 1.82) is 0 Å². The van der Waals surface area contributed by atoms with Gasteiger partial charge in [-0.3, -0.25) is 14.3 Å². The van der Waals surface area contributed by atoms with Crippen molar-refractivity contribution in [3.63, 3.8) is 0 Å². The SMILES string of the molecule is CCCc1c(Cl)[nH]c(=O)n(C(C)C2CCCC2)c1=O. The Morgan fingerprint density at radius 2 is 2.00 bits per heavy atom. The Kier molecular flexibility index (Phi) is 4.50. The minimum Gasteiger partial charge on any atom is -0.297 e. The summed E-state index contributed by atoms with van der Waals surface area (Å²) in [5.74, 6) is 0.425. The fraction of sp³-hybridized carbons (Fsp3) is 0.714. The molecule has 1 aliphatic carbocycles. The summed E-state index contributed by atoms with van der Waals surface area (Å²) in [6, 6.07) is -0.0494. The van der Waals surface area contributed by atoms with Crippen molar-refractivity contribution in [1.82, 2.24) is 9.55 Å². The first-order valence-electron chi connectivity index (χ1n) is 7.09. The third-order valence-electron chi connectivity index (χ3n) is 4.17. The Labute approximate surface area is 117 Å². The molecule has 0 spiro atoms. The molecule has 1 aromatic rings. The first-order chi connectivity index (χ1) is 9.06. The van der Waals surface area contributed by atoms with Crippen molar-refractivity contribution in [2.24, 2.45) is 5.92 Å².